The summed E-state index contributed by atoms with van der Waals surface area (Å²) in [5, 5.41) is 13.0. The average molecular weight is 522 g/mol. The largest absolute Gasteiger partial charge is 0.487 e. The summed E-state index contributed by atoms with van der Waals surface area (Å²) in [5.41, 5.74) is 5.36. The normalized spacial score (nSPS) is 11.8. The number of amides is 1. The molecule has 3 aromatic rings. The first-order valence-electron chi connectivity index (χ1n) is 12.7. The molecule has 0 aliphatic carbocycles. The highest BCUT2D eigenvalue weighted by molar-refractivity contribution is 6.32. The van der Waals surface area contributed by atoms with Gasteiger partial charge >= 0.3 is 5.97 Å². The molecule has 1 amide bonds. The van der Waals surface area contributed by atoms with Crippen molar-refractivity contribution in [2.24, 2.45) is 5.92 Å². The lowest BCUT2D eigenvalue weighted by atomic mass is 9.94. The number of hydrogen-bond acceptors (Lipinski definition) is 3. The zero-order chi connectivity index (χ0) is 26.9. The van der Waals surface area contributed by atoms with Crippen LogP contribution in [-0.4, -0.2) is 17.0 Å². The molecule has 0 heterocycles. The molecule has 1 atom stereocenters. The Morgan fingerprint density at radius 1 is 0.973 bits per heavy atom. The van der Waals surface area contributed by atoms with E-state index in [0.717, 1.165) is 35.1 Å². The molecule has 0 aliphatic heterocycles. The molecule has 0 spiro atoms. The number of rotatable bonds is 12. The molecule has 6 heteroatoms. The van der Waals surface area contributed by atoms with Gasteiger partial charge in [0.1, 0.15) is 12.4 Å². The smallest absolute Gasteiger partial charge is 0.303 e. The van der Waals surface area contributed by atoms with Crippen molar-refractivity contribution in [3.05, 3.63) is 99.1 Å². The third-order valence-corrected chi connectivity index (χ3v) is 6.55. The second kappa shape index (κ2) is 13.3. The van der Waals surface area contributed by atoms with Gasteiger partial charge in [-0.25, -0.2) is 0 Å². The Kier molecular flexibility index (Phi) is 10.2. The lowest BCUT2D eigenvalue weighted by Crippen LogP contribution is -2.30. The molecule has 0 saturated heterocycles. The number of ether oxygens (including phenoxy) is 1. The molecule has 196 valence electrons. The molecule has 0 aliphatic rings. The number of aryl methyl sites for hydroxylation is 3. The molecule has 0 saturated carbocycles. The Hall–Kier alpha value is -3.31. The third kappa shape index (κ3) is 8.64. The SMILES string of the molecule is Cc1cc(C)cc([C@@H](CCC(C)C)NC(=O)c2cc(COc3ccccc3Cl)ccc2CCC(=O)O)c1. The van der Waals surface area contributed by atoms with Crippen LogP contribution in [-0.2, 0) is 17.8 Å². The highest BCUT2D eigenvalue weighted by atomic mass is 35.5. The van der Waals surface area contributed by atoms with Gasteiger partial charge in [0.25, 0.3) is 5.91 Å². The molecule has 3 rings (SSSR count). The van der Waals surface area contributed by atoms with E-state index in [1.807, 2.05) is 24.3 Å². The van der Waals surface area contributed by atoms with Gasteiger partial charge in [-0.15, -0.1) is 0 Å². The van der Waals surface area contributed by atoms with Crippen LogP contribution in [0.1, 0.15) is 77.3 Å². The van der Waals surface area contributed by atoms with Crippen LogP contribution in [0, 0.1) is 19.8 Å². The topological polar surface area (TPSA) is 75.6 Å². The second-order valence-electron chi connectivity index (χ2n) is 10.0. The van der Waals surface area contributed by atoms with Crippen molar-refractivity contribution in [1.82, 2.24) is 5.32 Å². The Morgan fingerprint density at radius 3 is 2.32 bits per heavy atom. The first-order valence-corrected chi connectivity index (χ1v) is 13.1. The third-order valence-electron chi connectivity index (χ3n) is 6.24. The quantitative estimate of drug-likeness (QED) is 0.259. The zero-order valence-electron chi connectivity index (χ0n) is 22.0. The number of carbonyl (C=O) groups excluding carboxylic acids is 1. The molecule has 5 nitrogen and oxygen atoms in total. The molecular weight excluding hydrogens is 486 g/mol. The van der Waals surface area contributed by atoms with Gasteiger partial charge in [0.05, 0.1) is 11.1 Å². The van der Waals surface area contributed by atoms with Gasteiger partial charge in [-0.2, -0.15) is 0 Å². The maximum atomic E-state index is 13.7. The van der Waals surface area contributed by atoms with E-state index >= 15 is 0 Å². The number of aliphatic carboxylic acids is 1. The van der Waals surface area contributed by atoms with Gasteiger partial charge in [-0.3, -0.25) is 9.59 Å². The summed E-state index contributed by atoms with van der Waals surface area (Å²) < 4.78 is 5.88. The molecule has 37 heavy (non-hydrogen) atoms. The number of nitrogens with one attached hydrogen (secondary N) is 1. The van der Waals surface area contributed by atoms with E-state index in [1.165, 1.54) is 0 Å². The summed E-state index contributed by atoms with van der Waals surface area (Å²) in [6.45, 7) is 8.70. The number of carboxylic acid groups (broad SMARTS) is 1. The lowest BCUT2D eigenvalue weighted by molar-refractivity contribution is -0.136. The Labute approximate surface area is 224 Å². The maximum absolute atomic E-state index is 13.7. The van der Waals surface area contributed by atoms with Crippen molar-refractivity contribution >= 4 is 23.5 Å². The molecule has 3 aromatic carbocycles. The van der Waals surface area contributed by atoms with Crippen molar-refractivity contribution in [3.8, 4) is 5.75 Å². The fraction of sp³-hybridized carbons (Fsp3) is 0.355. The van der Waals surface area contributed by atoms with Crippen LogP contribution in [0.2, 0.25) is 5.02 Å². The number of carboxylic acids is 1. The van der Waals surface area contributed by atoms with E-state index in [0.29, 0.717) is 27.8 Å². The lowest BCUT2D eigenvalue weighted by Gasteiger charge is -2.22. The van der Waals surface area contributed by atoms with Crippen LogP contribution < -0.4 is 10.1 Å². The van der Waals surface area contributed by atoms with Crippen molar-refractivity contribution in [2.75, 3.05) is 0 Å². The standard InChI is InChI=1S/C31H36ClNO4/c1-20(2)9-13-28(25-16-21(3)15-22(4)17-25)33-31(36)26-18-23(10-11-24(26)12-14-30(34)35)19-37-29-8-6-5-7-27(29)32/h5-8,10-11,15-18,20,28H,9,12-14,19H2,1-4H3,(H,33,36)(H,34,35)/t28-/m1/s1. The fourth-order valence-corrected chi connectivity index (χ4v) is 4.57. The molecule has 2 N–H and O–H groups in total. The van der Waals surface area contributed by atoms with E-state index < -0.39 is 5.97 Å². The van der Waals surface area contributed by atoms with E-state index in [2.05, 4.69) is 51.2 Å². The molecule has 0 bridgehead atoms. The van der Waals surface area contributed by atoms with E-state index in [1.54, 1.807) is 18.2 Å². The van der Waals surface area contributed by atoms with Crippen molar-refractivity contribution in [1.29, 1.82) is 0 Å². The second-order valence-corrected chi connectivity index (χ2v) is 10.4. The van der Waals surface area contributed by atoms with Crippen molar-refractivity contribution < 1.29 is 19.4 Å². The van der Waals surface area contributed by atoms with Gasteiger partial charge in [0.2, 0.25) is 0 Å². The molecular formula is C31H36ClNO4. The monoisotopic (exact) mass is 521 g/mol. The number of halogens is 1. The fourth-order valence-electron chi connectivity index (χ4n) is 4.38. The van der Waals surface area contributed by atoms with Crippen LogP contribution >= 0.6 is 11.6 Å². The number of benzene rings is 3. The summed E-state index contributed by atoms with van der Waals surface area (Å²) in [7, 11) is 0. The van der Waals surface area contributed by atoms with Crippen LogP contribution in [0.3, 0.4) is 0 Å². The van der Waals surface area contributed by atoms with Crippen LogP contribution in [0.4, 0.5) is 0 Å². The van der Waals surface area contributed by atoms with Crippen LogP contribution in [0.5, 0.6) is 5.75 Å². The summed E-state index contributed by atoms with van der Waals surface area (Å²) in [4.78, 5) is 24.9. The van der Waals surface area contributed by atoms with Gasteiger partial charge in [-0.05, 0) is 73.9 Å². The average Bonchev–Trinajstić information content (AvgIpc) is 2.84. The minimum atomic E-state index is -0.900. The summed E-state index contributed by atoms with van der Waals surface area (Å²) in [5.74, 6) is -0.0501. The maximum Gasteiger partial charge on any atom is 0.303 e. The molecule has 0 fully saturated rings. The van der Waals surface area contributed by atoms with E-state index in [9.17, 15) is 14.7 Å². The van der Waals surface area contributed by atoms with Crippen molar-refractivity contribution in [2.45, 2.75) is 66.0 Å². The predicted octanol–water partition coefficient (Wildman–Crippen LogP) is 7.46. The van der Waals surface area contributed by atoms with Crippen molar-refractivity contribution in [3.63, 3.8) is 0 Å². The van der Waals surface area contributed by atoms with Gasteiger partial charge < -0.3 is 15.2 Å². The zero-order valence-corrected chi connectivity index (χ0v) is 22.8. The number of carbonyl (C=O) groups is 2. The van der Waals surface area contributed by atoms with Gasteiger partial charge in [0.15, 0.2) is 0 Å². The highest BCUT2D eigenvalue weighted by Crippen LogP contribution is 2.27. The van der Waals surface area contributed by atoms with Crippen LogP contribution in [0.25, 0.3) is 0 Å². The molecule has 0 unspecified atom stereocenters. The van der Waals surface area contributed by atoms with E-state index in [-0.39, 0.29) is 31.4 Å². The van der Waals surface area contributed by atoms with E-state index in [4.69, 9.17) is 16.3 Å². The first-order chi connectivity index (χ1) is 17.6. The van der Waals surface area contributed by atoms with Gasteiger partial charge in [0, 0.05) is 12.0 Å². The Balaban J connectivity index is 1.89. The minimum Gasteiger partial charge on any atom is -0.487 e. The number of para-hydroxylation sites is 1. The molecule has 0 aromatic heterocycles. The number of hydrogen-bond donors (Lipinski definition) is 2. The van der Waals surface area contributed by atoms with Gasteiger partial charge in [-0.1, -0.05) is 79.0 Å². The predicted molar refractivity (Wildman–Crippen MR) is 148 cm³/mol. The minimum absolute atomic E-state index is 0.0520. The summed E-state index contributed by atoms with van der Waals surface area (Å²) >= 11 is 6.21. The Morgan fingerprint density at radius 2 is 1.68 bits per heavy atom. The summed E-state index contributed by atoms with van der Waals surface area (Å²) in [6, 6.07) is 18.9. The molecule has 0 radical (unpaired) electrons. The highest BCUT2D eigenvalue weighted by Gasteiger charge is 2.20. The van der Waals surface area contributed by atoms with Crippen LogP contribution in [0.15, 0.2) is 60.7 Å². The first kappa shape index (κ1) is 28.3. The Bertz CT molecular complexity index is 1220. The summed E-state index contributed by atoms with van der Waals surface area (Å²) in [6.07, 6.45) is 2.00.